The van der Waals surface area contributed by atoms with Crippen LogP contribution in [0.1, 0.15) is 39.5 Å². The van der Waals surface area contributed by atoms with Crippen molar-refractivity contribution in [2.24, 2.45) is 0 Å². The Kier molecular flexibility index (Phi) is 14.5. The van der Waals surface area contributed by atoms with Crippen LogP contribution in [-0.4, -0.2) is 17.5 Å². The fraction of sp³-hybridized carbons (Fsp3) is 1.00. The fourth-order valence-electron chi connectivity index (χ4n) is 0.729. The molecule has 0 amide bonds. The van der Waals surface area contributed by atoms with Crippen molar-refractivity contribution in [3.63, 3.8) is 0 Å². The Labute approximate surface area is 98.6 Å². The normalized spacial score (nSPS) is 10.3. The zero-order valence-electron chi connectivity index (χ0n) is 8.86. The molecule has 2 N–H and O–H groups in total. The molecule has 0 atom stereocenters. The summed E-state index contributed by atoms with van der Waals surface area (Å²) in [4.78, 5) is 0. The minimum Gasteiger partial charge on any atom is -0.264 e. The molecule has 6 heteroatoms. The molecule has 14 heavy (non-hydrogen) atoms. The van der Waals surface area contributed by atoms with Crippen molar-refractivity contribution in [1.82, 2.24) is 0 Å². The zero-order chi connectivity index (χ0) is 11.4. The molecule has 0 saturated heterocycles. The third-order valence-electron chi connectivity index (χ3n) is 1.41. The van der Waals surface area contributed by atoms with E-state index in [9.17, 15) is 0 Å². The molecular weight excluding hydrogens is 283 g/mol. The first-order valence-corrected chi connectivity index (χ1v) is 9.69. The summed E-state index contributed by atoms with van der Waals surface area (Å²) in [6.07, 6.45) is 5.84. The summed E-state index contributed by atoms with van der Waals surface area (Å²) in [6.45, 7) is 4.58. The van der Waals surface area contributed by atoms with Crippen molar-refractivity contribution in [1.29, 1.82) is 0 Å². The quantitative estimate of drug-likeness (QED) is 0.584. The van der Waals surface area contributed by atoms with Crippen LogP contribution < -0.4 is 0 Å². The predicted molar refractivity (Wildman–Crippen MR) is 53.6 cm³/mol. The summed E-state index contributed by atoms with van der Waals surface area (Å²) >= 11 is 0.149. The predicted octanol–water partition coefficient (Wildman–Crippen LogP) is 2.85. The Morgan fingerprint density at radius 2 is 1.29 bits per heavy atom. The van der Waals surface area contributed by atoms with Crippen LogP contribution in [0.3, 0.4) is 0 Å². The van der Waals surface area contributed by atoms with Crippen molar-refractivity contribution in [2.45, 2.75) is 47.8 Å². The van der Waals surface area contributed by atoms with Gasteiger partial charge in [0, 0.05) is 0 Å². The van der Waals surface area contributed by atoms with E-state index >= 15 is 0 Å². The van der Waals surface area contributed by atoms with Crippen LogP contribution in [0.25, 0.3) is 0 Å². The summed E-state index contributed by atoms with van der Waals surface area (Å²) in [5.41, 5.74) is 0. The van der Waals surface area contributed by atoms with Crippen LogP contribution in [0.2, 0.25) is 8.26 Å². The van der Waals surface area contributed by atoms with Crippen LogP contribution in [0, 0.1) is 0 Å². The number of hydrogen-bond donors (Lipinski definition) is 2. The minimum atomic E-state index is -4.67. The van der Waals surface area contributed by atoms with Gasteiger partial charge in [0.05, 0.1) is 0 Å². The average molecular weight is 304 g/mol. The fourth-order valence-corrected chi connectivity index (χ4v) is 4.31. The molecule has 0 bridgehead atoms. The molecule has 0 aromatic rings. The van der Waals surface area contributed by atoms with Crippen LogP contribution in [0.5, 0.6) is 0 Å². The molecule has 0 aliphatic carbocycles. The van der Waals surface area contributed by atoms with Gasteiger partial charge in [0.25, 0.3) is 0 Å². The Bertz CT molecular complexity index is 178. The third kappa shape index (κ3) is 38.6. The van der Waals surface area contributed by atoms with Crippen molar-refractivity contribution < 1.29 is 40.8 Å². The smallest absolute Gasteiger partial charge is 0.264 e. The van der Waals surface area contributed by atoms with Gasteiger partial charge in [0.1, 0.15) is 0 Å². The molecule has 0 aliphatic rings. The zero-order valence-corrected chi connectivity index (χ0v) is 12.1. The molecule has 0 fully saturated rings. The monoisotopic (exact) mass is 302 g/mol. The van der Waals surface area contributed by atoms with Gasteiger partial charge in [-0.05, 0) is 0 Å². The molecule has 0 rings (SSSR count). The molecule has 0 saturated carbocycles. The van der Waals surface area contributed by atoms with E-state index in [2.05, 4.69) is 13.8 Å². The molecule has 0 aliphatic heterocycles. The second-order valence-electron chi connectivity index (χ2n) is 2.90. The Morgan fingerprint density at radius 1 is 1.00 bits per heavy atom. The minimum absolute atomic E-state index is 0.149. The number of hydrogen-bond acceptors (Lipinski definition) is 2. The maximum absolute atomic E-state index is 8.74. The van der Waals surface area contributed by atoms with Crippen LogP contribution in [0.4, 0.5) is 0 Å². The van der Waals surface area contributed by atoms with Crippen molar-refractivity contribution in [3.8, 4) is 0 Å². The van der Waals surface area contributed by atoms with Gasteiger partial charge in [-0.25, -0.2) is 0 Å². The van der Waals surface area contributed by atoms with Gasteiger partial charge in [-0.3, -0.25) is 9.11 Å². The Hall–Kier alpha value is 0.753. The van der Waals surface area contributed by atoms with Crippen molar-refractivity contribution in [2.75, 3.05) is 0 Å². The summed E-state index contributed by atoms with van der Waals surface area (Å²) in [6, 6.07) is 0. The molecule has 0 radical (unpaired) electrons. The first-order chi connectivity index (χ1) is 6.41. The second kappa shape index (κ2) is 11.8. The standard InChI is InChI=1S/2C4H9.H2O4S.Zr/c2*1-3-4-2;1-5(2,3)4;/h2*1,3-4H2,2H3;(H2,1,2,3,4);. The van der Waals surface area contributed by atoms with Crippen LogP contribution in [0.15, 0.2) is 0 Å². The molecule has 0 heterocycles. The van der Waals surface area contributed by atoms with Crippen molar-refractivity contribution >= 4 is 10.4 Å². The van der Waals surface area contributed by atoms with Gasteiger partial charge >= 0.3 is 81.4 Å². The van der Waals surface area contributed by atoms with E-state index in [1.165, 1.54) is 25.7 Å². The summed E-state index contributed by atoms with van der Waals surface area (Å²) in [5.74, 6) is 0. The van der Waals surface area contributed by atoms with Gasteiger partial charge in [-0.15, -0.1) is 0 Å². The molecule has 0 spiro atoms. The van der Waals surface area contributed by atoms with E-state index in [0.717, 1.165) is 0 Å². The van der Waals surface area contributed by atoms with E-state index < -0.39 is 10.4 Å². The molecule has 0 aromatic carbocycles. The van der Waals surface area contributed by atoms with E-state index in [-0.39, 0.29) is 23.2 Å². The van der Waals surface area contributed by atoms with E-state index in [1.807, 2.05) is 0 Å². The topological polar surface area (TPSA) is 74.6 Å². The van der Waals surface area contributed by atoms with Gasteiger partial charge in [0.2, 0.25) is 0 Å². The van der Waals surface area contributed by atoms with Gasteiger partial charge < -0.3 is 0 Å². The average Bonchev–Trinajstić information content (AvgIpc) is 2.01. The SMILES string of the molecule is CCC[CH2][Zr][CH2]CCC.O=S(=O)(O)O. The van der Waals surface area contributed by atoms with E-state index in [1.54, 1.807) is 8.26 Å². The summed E-state index contributed by atoms with van der Waals surface area (Å²) in [7, 11) is -4.67. The van der Waals surface area contributed by atoms with Crippen LogP contribution >= 0.6 is 0 Å². The first kappa shape index (κ1) is 17.2. The van der Waals surface area contributed by atoms with Gasteiger partial charge in [-0.1, -0.05) is 0 Å². The molecule has 86 valence electrons. The second-order valence-corrected chi connectivity index (χ2v) is 7.49. The Morgan fingerprint density at radius 3 is 1.50 bits per heavy atom. The molecule has 0 aromatic heterocycles. The third-order valence-corrected chi connectivity index (χ3v) is 4.89. The number of unbranched alkanes of at least 4 members (excludes halogenated alkanes) is 2. The maximum Gasteiger partial charge on any atom is 0.394 e. The molecule has 4 nitrogen and oxygen atoms in total. The maximum atomic E-state index is 8.74. The van der Waals surface area contributed by atoms with Crippen molar-refractivity contribution in [3.05, 3.63) is 0 Å². The molecule has 0 unspecified atom stereocenters. The van der Waals surface area contributed by atoms with E-state index in [4.69, 9.17) is 17.5 Å². The summed E-state index contributed by atoms with van der Waals surface area (Å²) in [5, 5.41) is 0. The largest absolute Gasteiger partial charge is 0.394 e. The van der Waals surface area contributed by atoms with E-state index in [0.29, 0.717) is 0 Å². The van der Waals surface area contributed by atoms with Gasteiger partial charge in [0.15, 0.2) is 0 Å². The molecular formula is C8H20O4SZr. The first-order valence-electron chi connectivity index (χ1n) is 4.82. The van der Waals surface area contributed by atoms with Gasteiger partial charge in [-0.2, -0.15) is 8.42 Å². The van der Waals surface area contributed by atoms with Crippen LogP contribution in [-0.2, 0) is 33.6 Å². The summed E-state index contributed by atoms with van der Waals surface area (Å²) < 4.78 is 34.8. The number of rotatable bonds is 6. The Balaban J connectivity index is 0.